The van der Waals surface area contributed by atoms with Crippen LogP contribution in [0.15, 0.2) is 60.8 Å². The molecule has 1 aliphatic heterocycles. The van der Waals surface area contributed by atoms with Gasteiger partial charge < -0.3 is 15.3 Å². The number of anilines is 1. The zero-order valence-electron chi connectivity index (χ0n) is 22.9. The molecule has 1 aliphatic carbocycles. The van der Waals surface area contributed by atoms with Crippen LogP contribution in [0.2, 0.25) is 0 Å². The zero-order valence-corrected chi connectivity index (χ0v) is 22.9. The third-order valence-electron chi connectivity index (χ3n) is 8.59. The number of hydrogen-bond donors (Lipinski definition) is 2. The molecule has 0 bridgehead atoms. The summed E-state index contributed by atoms with van der Waals surface area (Å²) in [6, 6.07) is 18.0. The number of nitrogens with zero attached hydrogens (tertiary/aromatic N) is 5. The van der Waals surface area contributed by atoms with E-state index in [1.165, 1.54) is 11.6 Å². The van der Waals surface area contributed by atoms with Crippen LogP contribution < -0.4 is 10.2 Å². The van der Waals surface area contributed by atoms with Gasteiger partial charge in [0.1, 0.15) is 5.69 Å². The van der Waals surface area contributed by atoms with E-state index in [1.807, 2.05) is 19.2 Å². The molecular formula is C31H34N6O3. The summed E-state index contributed by atoms with van der Waals surface area (Å²) >= 11 is 0. The van der Waals surface area contributed by atoms with Crippen molar-refractivity contribution in [3.05, 3.63) is 89.1 Å². The van der Waals surface area contributed by atoms with Crippen LogP contribution in [-0.4, -0.2) is 55.7 Å². The lowest BCUT2D eigenvalue weighted by Gasteiger charge is -2.28. The number of carboxylic acid groups (broad SMARTS) is 1. The maximum atomic E-state index is 13.1. The van der Waals surface area contributed by atoms with Crippen molar-refractivity contribution < 1.29 is 14.7 Å². The molecule has 2 fully saturated rings. The standard InChI is InChI=1S/C31H34N6O3/c1-20-17-24(36-16-15-31(2,19-36)22-7-4-3-5-8-22)18-37-28(20)34-27(35-37)29(38)32-23-13-11-21(12-14-23)25-9-6-10-26(33-25)30(39)40/h3-10,17-18,21,23H,11-16,19H2,1-2H3,(H,32,38)(H,39,40)/t21?,23?,31-/m0/s1. The first-order valence-corrected chi connectivity index (χ1v) is 14.0. The smallest absolute Gasteiger partial charge is 0.354 e. The van der Waals surface area contributed by atoms with Crippen molar-refractivity contribution in [1.82, 2.24) is 24.9 Å². The van der Waals surface area contributed by atoms with Crippen LogP contribution in [0.3, 0.4) is 0 Å². The van der Waals surface area contributed by atoms with E-state index in [2.05, 4.69) is 68.6 Å². The number of pyridine rings is 2. The molecule has 1 aromatic carbocycles. The van der Waals surface area contributed by atoms with Gasteiger partial charge in [0.2, 0.25) is 5.82 Å². The second kappa shape index (κ2) is 10.4. The van der Waals surface area contributed by atoms with Gasteiger partial charge in [0.15, 0.2) is 5.65 Å². The summed E-state index contributed by atoms with van der Waals surface area (Å²) < 4.78 is 1.73. The average Bonchev–Trinajstić information content (AvgIpc) is 3.59. The summed E-state index contributed by atoms with van der Waals surface area (Å²) in [4.78, 5) is 35.6. The van der Waals surface area contributed by atoms with Crippen molar-refractivity contribution in [3.8, 4) is 0 Å². The molecule has 9 heteroatoms. The molecular weight excluding hydrogens is 504 g/mol. The number of amides is 1. The van der Waals surface area contributed by atoms with E-state index in [0.29, 0.717) is 5.65 Å². The topological polar surface area (TPSA) is 113 Å². The molecule has 1 saturated heterocycles. The highest BCUT2D eigenvalue weighted by molar-refractivity contribution is 5.91. The van der Waals surface area contributed by atoms with Crippen molar-refractivity contribution in [2.45, 2.75) is 63.3 Å². The van der Waals surface area contributed by atoms with Crippen LogP contribution in [0.4, 0.5) is 5.69 Å². The number of aryl methyl sites for hydroxylation is 1. The molecule has 1 amide bonds. The zero-order chi connectivity index (χ0) is 27.9. The number of rotatable bonds is 6. The Morgan fingerprint density at radius 1 is 1.02 bits per heavy atom. The predicted octanol–water partition coefficient (Wildman–Crippen LogP) is 4.76. The minimum absolute atomic E-state index is 0.0231. The second-order valence-electron chi connectivity index (χ2n) is 11.5. The Labute approximate surface area is 233 Å². The molecule has 2 aliphatic rings. The minimum Gasteiger partial charge on any atom is -0.477 e. The quantitative estimate of drug-likeness (QED) is 0.364. The van der Waals surface area contributed by atoms with Gasteiger partial charge in [-0.2, -0.15) is 0 Å². The van der Waals surface area contributed by atoms with Crippen molar-refractivity contribution in [3.63, 3.8) is 0 Å². The molecule has 2 N–H and O–H groups in total. The summed E-state index contributed by atoms with van der Waals surface area (Å²) in [5.74, 6) is -0.918. The maximum absolute atomic E-state index is 13.1. The van der Waals surface area contributed by atoms with E-state index in [-0.39, 0.29) is 34.8 Å². The van der Waals surface area contributed by atoms with Gasteiger partial charge in [-0.1, -0.05) is 43.3 Å². The maximum Gasteiger partial charge on any atom is 0.354 e. The van der Waals surface area contributed by atoms with Gasteiger partial charge in [0, 0.05) is 36.2 Å². The normalized spacial score (nSPS) is 22.9. The first kappa shape index (κ1) is 26.0. The van der Waals surface area contributed by atoms with E-state index in [0.717, 1.165) is 62.1 Å². The van der Waals surface area contributed by atoms with Crippen molar-refractivity contribution >= 4 is 23.2 Å². The van der Waals surface area contributed by atoms with Crippen LogP contribution in [-0.2, 0) is 5.41 Å². The van der Waals surface area contributed by atoms with Crippen LogP contribution in [0.1, 0.15) is 82.9 Å². The van der Waals surface area contributed by atoms with Gasteiger partial charge >= 0.3 is 5.97 Å². The van der Waals surface area contributed by atoms with Gasteiger partial charge in [-0.25, -0.2) is 19.3 Å². The third-order valence-corrected chi connectivity index (χ3v) is 8.59. The molecule has 40 heavy (non-hydrogen) atoms. The largest absolute Gasteiger partial charge is 0.477 e. The Kier molecular flexibility index (Phi) is 6.73. The number of nitrogens with one attached hydrogen (secondary N) is 1. The Hall–Kier alpha value is -4.27. The highest BCUT2D eigenvalue weighted by Crippen LogP contribution is 2.37. The van der Waals surface area contributed by atoms with Crippen LogP contribution >= 0.6 is 0 Å². The molecule has 1 saturated carbocycles. The monoisotopic (exact) mass is 538 g/mol. The SMILES string of the molecule is Cc1cc(N2CC[C@](C)(c3ccccc3)C2)cn2nc(C(=O)NC3CCC(c4cccc(C(=O)O)n4)CC3)nc12. The predicted molar refractivity (Wildman–Crippen MR) is 152 cm³/mol. The Bertz CT molecular complexity index is 1560. The van der Waals surface area contributed by atoms with Crippen LogP contribution in [0, 0.1) is 6.92 Å². The third kappa shape index (κ3) is 5.03. The van der Waals surface area contributed by atoms with E-state index in [4.69, 9.17) is 0 Å². The van der Waals surface area contributed by atoms with Crippen LogP contribution in [0.25, 0.3) is 5.65 Å². The molecule has 206 valence electrons. The number of fused-ring (bicyclic) bond motifs is 1. The summed E-state index contributed by atoms with van der Waals surface area (Å²) in [5.41, 5.74) is 5.07. The molecule has 0 unspecified atom stereocenters. The summed E-state index contributed by atoms with van der Waals surface area (Å²) in [6.07, 6.45) is 6.30. The Balaban J connectivity index is 1.11. The highest BCUT2D eigenvalue weighted by Gasteiger charge is 2.35. The lowest BCUT2D eigenvalue weighted by atomic mass is 9.82. The average molecular weight is 539 g/mol. The molecule has 6 rings (SSSR count). The molecule has 9 nitrogen and oxygen atoms in total. The van der Waals surface area contributed by atoms with Crippen molar-refractivity contribution in [2.75, 3.05) is 18.0 Å². The van der Waals surface area contributed by atoms with E-state index in [1.54, 1.807) is 10.6 Å². The van der Waals surface area contributed by atoms with E-state index < -0.39 is 5.97 Å². The minimum atomic E-state index is -1.02. The number of benzene rings is 1. The fourth-order valence-electron chi connectivity index (χ4n) is 6.24. The lowest BCUT2D eigenvalue weighted by Crippen LogP contribution is -2.38. The number of hydrogen-bond acceptors (Lipinski definition) is 6. The molecule has 4 aromatic rings. The van der Waals surface area contributed by atoms with E-state index in [9.17, 15) is 14.7 Å². The molecule has 3 aromatic heterocycles. The second-order valence-corrected chi connectivity index (χ2v) is 11.5. The van der Waals surface area contributed by atoms with Gasteiger partial charge in [0.05, 0.1) is 11.9 Å². The lowest BCUT2D eigenvalue weighted by molar-refractivity contribution is 0.0689. The first-order chi connectivity index (χ1) is 19.3. The van der Waals surface area contributed by atoms with Crippen molar-refractivity contribution in [2.24, 2.45) is 0 Å². The Morgan fingerprint density at radius 3 is 2.55 bits per heavy atom. The molecule has 1 atom stereocenters. The summed E-state index contributed by atoms with van der Waals surface area (Å²) in [5, 5.41) is 16.9. The Morgan fingerprint density at radius 2 is 1.80 bits per heavy atom. The molecule has 4 heterocycles. The molecule has 0 radical (unpaired) electrons. The molecule has 0 spiro atoms. The van der Waals surface area contributed by atoms with E-state index >= 15 is 0 Å². The fraction of sp³-hybridized carbons (Fsp3) is 0.387. The van der Waals surface area contributed by atoms with Crippen molar-refractivity contribution in [1.29, 1.82) is 0 Å². The van der Waals surface area contributed by atoms with Gasteiger partial charge in [0.25, 0.3) is 5.91 Å². The summed E-state index contributed by atoms with van der Waals surface area (Å²) in [6.45, 7) is 6.21. The van der Waals surface area contributed by atoms with Crippen LogP contribution in [0.5, 0.6) is 0 Å². The number of carbonyl (C=O) groups excluding carboxylic acids is 1. The number of carbonyl (C=O) groups is 2. The highest BCUT2D eigenvalue weighted by atomic mass is 16.4. The number of aromatic nitrogens is 4. The van der Waals surface area contributed by atoms with Gasteiger partial charge in [-0.05, 0) is 68.4 Å². The number of aromatic carboxylic acids is 1. The fourth-order valence-corrected chi connectivity index (χ4v) is 6.24. The number of carboxylic acids is 1. The first-order valence-electron chi connectivity index (χ1n) is 14.0. The van der Waals surface area contributed by atoms with Gasteiger partial charge in [-0.15, -0.1) is 5.10 Å². The van der Waals surface area contributed by atoms with Gasteiger partial charge in [-0.3, -0.25) is 4.79 Å². The summed E-state index contributed by atoms with van der Waals surface area (Å²) in [7, 11) is 0.